The van der Waals surface area contributed by atoms with Gasteiger partial charge in [0.1, 0.15) is 5.69 Å². The molecule has 0 bridgehead atoms. The summed E-state index contributed by atoms with van der Waals surface area (Å²) in [5, 5.41) is 8.91. The third-order valence-corrected chi connectivity index (χ3v) is 3.04. The zero-order valence-corrected chi connectivity index (χ0v) is 9.68. The highest BCUT2D eigenvalue weighted by atomic mass is 16.5. The van der Waals surface area contributed by atoms with E-state index < -0.39 is 5.97 Å². The fourth-order valence-electron chi connectivity index (χ4n) is 2.10. The molecule has 1 aliphatic rings. The Morgan fingerprint density at radius 2 is 2.29 bits per heavy atom. The lowest BCUT2D eigenvalue weighted by Gasteiger charge is -2.20. The zero-order chi connectivity index (χ0) is 12.4. The maximum absolute atomic E-state index is 12.1. The van der Waals surface area contributed by atoms with Crippen molar-refractivity contribution in [2.24, 2.45) is 13.0 Å². The summed E-state index contributed by atoms with van der Waals surface area (Å²) in [5.41, 5.74) is 0.588. The number of nitrogens with zero attached hydrogens (tertiary/aromatic N) is 1. The van der Waals surface area contributed by atoms with Gasteiger partial charge in [-0.15, -0.1) is 0 Å². The SMILES string of the molecule is Cn1cc(C(=O)C2CCCOC2)cc1C(=O)O. The Morgan fingerprint density at radius 1 is 1.53 bits per heavy atom. The Bertz CT molecular complexity index is 443. The van der Waals surface area contributed by atoms with E-state index >= 15 is 0 Å². The van der Waals surface area contributed by atoms with Gasteiger partial charge in [0, 0.05) is 31.3 Å². The normalized spacial score (nSPS) is 20.2. The van der Waals surface area contributed by atoms with Crippen LogP contribution in [0.5, 0.6) is 0 Å². The molecule has 92 valence electrons. The molecule has 0 saturated carbocycles. The Kier molecular flexibility index (Phi) is 3.28. The Balaban J connectivity index is 2.19. The molecule has 1 atom stereocenters. The summed E-state index contributed by atoms with van der Waals surface area (Å²) in [6, 6.07) is 1.43. The molecule has 1 unspecified atom stereocenters. The topological polar surface area (TPSA) is 68.5 Å². The third kappa shape index (κ3) is 2.39. The van der Waals surface area contributed by atoms with E-state index in [2.05, 4.69) is 0 Å². The van der Waals surface area contributed by atoms with Gasteiger partial charge in [-0.3, -0.25) is 4.79 Å². The van der Waals surface area contributed by atoms with Crippen molar-refractivity contribution < 1.29 is 19.4 Å². The highest BCUT2D eigenvalue weighted by Gasteiger charge is 2.25. The van der Waals surface area contributed by atoms with E-state index in [4.69, 9.17) is 9.84 Å². The van der Waals surface area contributed by atoms with Crippen LogP contribution in [0.3, 0.4) is 0 Å². The number of rotatable bonds is 3. The average molecular weight is 237 g/mol. The van der Waals surface area contributed by atoms with Crippen molar-refractivity contribution in [1.82, 2.24) is 4.57 Å². The molecule has 0 aliphatic carbocycles. The average Bonchev–Trinajstić information content (AvgIpc) is 2.71. The predicted octanol–water partition coefficient (Wildman–Crippen LogP) is 1.33. The second-order valence-corrected chi connectivity index (χ2v) is 4.31. The van der Waals surface area contributed by atoms with Gasteiger partial charge in [-0.25, -0.2) is 4.79 Å². The number of aromatic carboxylic acids is 1. The largest absolute Gasteiger partial charge is 0.477 e. The molecule has 1 fully saturated rings. The molecule has 5 heteroatoms. The first-order valence-corrected chi connectivity index (χ1v) is 5.61. The van der Waals surface area contributed by atoms with Gasteiger partial charge in [0.15, 0.2) is 5.78 Å². The quantitative estimate of drug-likeness (QED) is 0.805. The van der Waals surface area contributed by atoms with Crippen LogP contribution in [-0.4, -0.2) is 34.6 Å². The fourth-order valence-corrected chi connectivity index (χ4v) is 2.10. The number of carbonyl (C=O) groups excluding carboxylic acids is 1. The second-order valence-electron chi connectivity index (χ2n) is 4.31. The number of carboxylic acids is 1. The summed E-state index contributed by atoms with van der Waals surface area (Å²) < 4.78 is 6.72. The van der Waals surface area contributed by atoms with Gasteiger partial charge in [0.05, 0.1) is 6.61 Å². The summed E-state index contributed by atoms with van der Waals surface area (Å²) in [6.45, 7) is 1.15. The molecule has 1 aromatic heterocycles. The van der Waals surface area contributed by atoms with Gasteiger partial charge in [0.2, 0.25) is 0 Å². The van der Waals surface area contributed by atoms with E-state index in [0.29, 0.717) is 18.8 Å². The van der Waals surface area contributed by atoms with E-state index in [9.17, 15) is 9.59 Å². The molecule has 2 heterocycles. The Labute approximate surface area is 99.0 Å². The molecule has 0 aromatic carbocycles. The smallest absolute Gasteiger partial charge is 0.352 e. The molecule has 0 amide bonds. The van der Waals surface area contributed by atoms with Gasteiger partial charge in [-0.2, -0.15) is 0 Å². The van der Waals surface area contributed by atoms with Crippen LogP contribution in [0.1, 0.15) is 33.7 Å². The highest BCUT2D eigenvalue weighted by Crippen LogP contribution is 2.20. The van der Waals surface area contributed by atoms with Crippen LogP contribution in [0.15, 0.2) is 12.3 Å². The molecule has 1 aliphatic heterocycles. The minimum atomic E-state index is -1.02. The lowest BCUT2D eigenvalue weighted by atomic mass is 9.94. The molecule has 1 aromatic rings. The van der Waals surface area contributed by atoms with Crippen molar-refractivity contribution in [2.75, 3.05) is 13.2 Å². The van der Waals surface area contributed by atoms with Crippen molar-refractivity contribution in [3.8, 4) is 0 Å². The van der Waals surface area contributed by atoms with E-state index in [1.54, 1.807) is 13.2 Å². The lowest BCUT2D eigenvalue weighted by Crippen LogP contribution is -2.25. The number of aryl methyl sites for hydroxylation is 1. The predicted molar refractivity (Wildman–Crippen MR) is 60.2 cm³/mol. The summed E-state index contributed by atoms with van der Waals surface area (Å²) in [5.74, 6) is -1.17. The molecule has 1 N–H and O–H groups in total. The molecule has 0 spiro atoms. The molecular weight excluding hydrogens is 222 g/mol. The van der Waals surface area contributed by atoms with Crippen LogP contribution in [-0.2, 0) is 11.8 Å². The van der Waals surface area contributed by atoms with Crippen LogP contribution < -0.4 is 0 Å². The fraction of sp³-hybridized carbons (Fsp3) is 0.500. The van der Waals surface area contributed by atoms with Crippen LogP contribution in [0.4, 0.5) is 0 Å². The summed E-state index contributed by atoms with van der Waals surface area (Å²) in [7, 11) is 1.62. The van der Waals surface area contributed by atoms with Crippen molar-refractivity contribution in [3.63, 3.8) is 0 Å². The lowest BCUT2D eigenvalue weighted by molar-refractivity contribution is 0.0461. The second kappa shape index (κ2) is 4.71. The Morgan fingerprint density at radius 3 is 2.82 bits per heavy atom. The number of ether oxygens (including phenoxy) is 1. The van der Waals surface area contributed by atoms with Crippen molar-refractivity contribution in [3.05, 3.63) is 23.5 Å². The summed E-state index contributed by atoms with van der Waals surface area (Å²) in [4.78, 5) is 23.0. The number of ketones is 1. The van der Waals surface area contributed by atoms with Crippen molar-refractivity contribution in [2.45, 2.75) is 12.8 Å². The standard InChI is InChI=1S/C12H15NO4/c1-13-6-9(5-10(13)12(15)16)11(14)8-3-2-4-17-7-8/h5-6,8H,2-4,7H2,1H3,(H,15,16). The van der Waals surface area contributed by atoms with E-state index in [1.165, 1.54) is 10.6 Å². The first kappa shape index (κ1) is 11.9. The molecule has 1 saturated heterocycles. The van der Waals surface area contributed by atoms with Crippen LogP contribution >= 0.6 is 0 Å². The number of Topliss-reactive ketones (excluding diaryl/α,β-unsaturated/α-hetero) is 1. The zero-order valence-electron chi connectivity index (χ0n) is 9.68. The van der Waals surface area contributed by atoms with Crippen LogP contribution in [0, 0.1) is 5.92 Å². The van der Waals surface area contributed by atoms with E-state index in [1.807, 2.05) is 0 Å². The summed E-state index contributed by atoms with van der Waals surface area (Å²) >= 11 is 0. The molecule has 17 heavy (non-hydrogen) atoms. The van der Waals surface area contributed by atoms with Gasteiger partial charge in [-0.1, -0.05) is 0 Å². The first-order valence-electron chi connectivity index (χ1n) is 5.61. The Hall–Kier alpha value is -1.62. The number of hydrogen-bond donors (Lipinski definition) is 1. The third-order valence-electron chi connectivity index (χ3n) is 3.04. The minimum Gasteiger partial charge on any atom is -0.477 e. The van der Waals surface area contributed by atoms with Gasteiger partial charge in [0.25, 0.3) is 0 Å². The molecule has 0 radical (unpaired) electrons. The minimum absolute atomic E-state index is 0.0206. The van der Waals surface area contributed by atoms with Crippen LogP contribution in [0.25, 0.3) is 0 Å². The van der Waals surface area contributed by atoms with Crippen molar-refractivity contribution >= 4 is 11.8 Å². The maximum Gasteiger partial charge on any atom is 0.352 e. The molecular formula is C12H15NO4. The highest BCUT2D eigenvalue weighted by molar-refractivity contribution is 6.00. The maximum atomic E-state index is 12.1. The number of carbonyl (C=O) groups is 2. The first-order chi connectivity index (χ1) is 8.09. The molecule has 2 rings (SSSR count). The van der Waals surface area contributed by atoms with Crippen molar-refractivity contribution in [1.29, 1.82) is 0 Å². The van der Waals surface area contributed by atoms with E-state index in [-0.39, 0.29) is 17.4 Å². The monoisotopic (exact) mass is 237 g/mol. The van der Waals surface area contributed by atoms with Gasteiger partial charge < -0.3 is 14.4 Å². The number of hydrogen-bond acceptors (Lipinski definition) is 3. The summed E-state index contributed by atoms with van der Waals surface area (Å²) in [6.07, 6.45) is 3.27. The van der Waals surface area contributed by atoms with Crippen LogP contribution in [0.2, 0.25) is 0 Å². The molecule has 5 nitrogen and oxygen atoms in total. The number of carboxylic acid groups (broad SMARTS) is 1. The van der Waals surface area contributed by atoms with E-state index in [0.717, 1.165) is 12.8 Å². The van der Waals surface area contributed by atoms with Gasteiger partial charge in [-0.05, 0) is 18.9 Å². The van der Waals surface area contributed by atoms with Gasteiger partial charge >= 0.3 is 5.97 Å². The number of aromatic nitrogens is 1.